The third kappa shape index (κ3) is 1.59. The van der Waals surface area contributed by atoms with Gasteiger partial charge in [0.15, 0.2) is 0 Å². The highest BCUT2D eigenvalue weighted by molar-refractivity contribution is 5.18. The Morgan fingerprint density at radius 2 is 2.13 bits per heavy atom. The van der Waals surface area contributed by atoms with Crippen LogP contribution in [0.4, 0.5) is 4.39 Å². The molecule has 2 fully saturated rings. The molecule has 3 nitrogen and oxygen atoms in total. The van der Waals surface area contributed by atoms with Gasteiger partial charge in [-0.25, -0.2) is 4.39 Å². The number of halogens is 1. The third-order valence-electron chi connectivity index (χ3n) is 3.30. The van der Waals surface area contributed by atoms with E-state index in [0.717, 1.165) is 13.1 Å². The molecule has 80 valence electrons. The van der Waals surface area contributed by atoms with Crippen LogP contribution in [0.3, 0.4) is 0 Å². The number of fused-ring (bicyclic) bond motifs is 2. The summed E-state index contributed by atoms with van der Waals surface area (Å²) in [6.07, 6.45) is 4.26. The molecule has 1 unspecified atom stereocenters. The zero-order chi connectivity index (χ0) is 10.3. The molecule has 3 atom stereocenters. The van der Waals surface area contributed by atoms with Gasteiger partial charge in [0.2, 0.25) is 0 Å². The second kappa shape index (κ2) is 3.45. The lowest BCUT2D eigenvalue weighted by Gasteiger charge is -2.48. The molecule has 1 saturated carbocycles. The van der Waals surface area contributed by atoms with Crippen LogP contribution in [-0.2, 0) is 0 Å². The predicted octanol–water partition coefficient (Wildman–Crippen LogP) is 1.21. The lowest BCUT2D eigenvalue weighted by Crippen LogP contribution is -2.59. The van der Waals surface area contributed by atoms with E-state index in [1.807, 2.05) is 0 Å². The van der Waals surface area contributed by atoms with Crippen molar-refractivity contribution in [3.63, 3.8) is 0 Å². The fourth-order valence-corrected chi connectivity index (χ4v) is 2.51. The summed E-state index contributed by atoms with van der Waals surface area (Å²) < 4.78 is 18.6. The molecule has 1 N–H and O–H groups in total. The van der Waals surface area contributed by atoms with E-state index in [1.165, 1.54) is 18.7 Å². The van der Waals surface area contributed by atoms with Gasteiger partial charge in [-0.1, -0.05) is 0 Å². The van der Waals surface area contributed by atoms with Crippen molar-refractivity contribution in [1.29, 1.82) is 0 Å². The molecule has 2 heterocycles. The van der Waals surface area contributed by atoms with Crippen molar-refractivity contribution >= 4 is 0 Å². The van der Waals surface area contributed by atoms with E-state index in [-0.39, 0.29) is 11.9 Å². The first-order valence-electron chi connectivity index (χ1n) is 5.31. The Kier molecular flexibility index (Phi) is 2.09. The Morgan fingerprint density at radius 1 is 1.33 bits per heavy atom. The number of nitrogens with one attached hydrogen (secondary N) is 1. The van der Waals surface area contributed by atoms with Gasteiger partial charge in [-0.3, -0.25) is 4.98 Å². The zero-order valence-electron chi connectivity index (χ0n) is 8.32. The Bertz CT molecular complexity index is 357. The summed E-state index contributed by atoms with van der Waals surface area (Å²) in [4.78, 5) is 3.77. The third-order valence-corrected chi connectivity index (χ3v) is 3.30. The average molecular weight is 208 g/mol. The van der Waals surface area contributed by atoms with Gasteiger partial charge in [-0.2, -0.15) is 0 Å². The van der Waals surface area contributed by atoms with Crippen LogP contribution in [0.5, 0.6) is 5.75 Å². The van der Waals surface area contributed by atoms with Crippen LogP contribution >= 0.6 is 0 Å². The molecular formula is C11H13FN2O. The number of hydrogen-bond donors (Lipinski definition) is 1. The Labute approximate surface area is 87.7 Å². The summed E-state index contributed by atoms with van der Waals surface area (Å²) >= 11 is 0. The number of ether oxygens (including phenoxy) is 1. The van der Waals surface area contributed by atoms with E-state index in [4.69, 9.17) is 4.74 Å². The van der Waals surface area contributed by atoms with Gasteiger partial charge in [0.1, 0.15) is 17.7 Å². The van der Waals surface area contributed by atoms with E-state index >= 15 is 0 Å². The van der Waals surface area contributed by atoms with Gasteiger partial charge in [0, 0.05) is 31.0 Å². The summed E-state index contributed by atoms with van der Waals surface area (Å²) in [5, 5.41) is 3.34. The molecule has 1 aromatic rings. The molecule has 1 aliphatic carbocycles. The number of piperidine rings is 2. The molecular weight excluding hydrogens is 195 g/mol. The van der Waals surface area contributed by atoms with Gasteiger partial charge < -0.3 is 10.1 Å². The number of aromatic nitrogens is 1. The van der Waals surface area contributed by atoms with Crippen LogP contribution in [-0.4, -0.2) is 24.2 Å². The summed E-state index contributed by atoms with van der Waals surface area (Å²) in [5.41, 5.74) is 0. The minimum atomic E-state index is -0.338. The predicted molar refractivity (Wildman–Crippen MR) is 53.1 cm³/mol. The molecule has 1 saturated heterocycles. The molecule has 2 bridgehead atoms. The zero-order valence-corrected chi connectivity index (χ0v) is 8.32. The Hall–Kier alpha value is -1.16. The largest absolute Gasteiger partial charge is 0.488 e. The second-order valence-electron chi connectivity index (χ2n) is 4.34. The Balaban J connectivity index is 1.70. The fraction of sp³-hybridized carbons (Fsp3) is 0.545. The lowest BCUT2D eigenvalue weighted by molar-refractivity contribution is -0.0449. The highest BCUT2D eigenvalue weighted by Gasteiger charge is 2.45. The Morgan fingerprint density at radius 3 is 2.80 bits per heavy atom. The maximum Gasteiger partial charge on any atom is 0.145 e. The van der Waals surface area contributed by atoms with E-state index in [1.54, 1.807) is 6.20 Å². The number of pyridine rings is 1. The van der Waals surface area contributed by atoms with Crippen molar-refractivity contribution in [2.45, 2.75) is 12.5 Å². The summed E-state index contributed by atoms with van der Waals surface area (Å²) in [5.74, 6) is 1.39. The van der Waals surface area contributed by atoms with E-state index in [0.29, 0.717) is 17.6 Å². The normalized spacial score (nSPS) is 33.3. The first-order valence-corrected chi connectivity index (χ1v) is 5.31. The van der Waals surface area contributed by atoms with E-state index in [2.05, 4.69) is 10.3 Å². The molecule has 1 aromatic heterocycles. The van der Waals surface area contributed by atoms with Crippen LogP contribution in [0.15, 0.2) is 18.5 Å². The van der Waals surface area contributed by atoms with Crippen molar-refractivity contribution in [2.24, 2.45) is 11.8 Å². The lowest BCUT2D eigenvalue weighted by atomic mass is 9.69. The van der Waals surface area contributed by atoms with Gasteiger partial charge in [-0.15, -0.1) is 0 Å². The molecule has 2 aliphatic rings. The van der Waals surface area contributed by atoms with Crippen molar-refractivity contribution in [1.82, 2.24) is 10.3 Å². The molecule has 15 heavy (non-hydrogen) atoms. The summed E-state index contributed by atoms with van der Waals surface area (Å²) in [6.45, 7) is 2.04. The number of nitrogens with zero attached hydrogens (tertiary/aromatic N) is 1. The second-order valence-corrected chi connectivity index (χ2v) is 4.34. The van der Waals surface area contributed by atoms with Crippen LogP contribution in [0, 0.1) is 17.7 Å². The van der Waals surface area contributed by atoms with Crippen LogP contribution in [0.25, 0.3) is 0 Å². The maximum atomic E-state index is 12.9. The molecule has 0 radical (unpaired) electrons. The van der Waals surface area contributed by atoms with Gasteiger partial charge in [-0.05, 0) is 6.42 Å². The molecule has 0 amide bonds. The first-order chi connectivity index (χ1) is 7.33. The quantitative estimate of drug-likeness (QED) is 0.793. The SMILES string of the molecule is Fc1cncc(OC2[C@@H]3CNC[C@H]2C3)c1. The minimum absolute atomic E-state index is 0.259. The van der Waals surface area contributed by atoms with Gasteiger partial charge >= 0.3 is 0 Å². The topological polar surface area (TPSA) is 34.1 Å². The number of hydrogen-bond acceptors (Lipinski definition) is 3. The highest BCUT2D eigenvalue weighted by Crippen LogP contribution is 2.39. The highest BCUT2D eigenvalue weighted by atomic mass is 19.1. The first kappa shape index (κ1) is 9.09. The maximum absolute atomic E-state index is 12.9. The van der Waals surface area contributed by atoms with Crippen LogP contribution in [0.1, 0.15) is 6.42 Å². The van der Waals surface area contributed by atoms with Gasteiger partial charge in [0.05, 0.1) is 12.4 Å². The van der Waals surface area contributed by atoms with Crippen molar-refractivity contribution in [2.75, 3.05) is 13.1 Å². The summed E-state index contributed by atoms with van der Waals surface area (Å²) in [6, 6.07) is 1.40. The van der Waals surface area contributed by atoms with Crippen LogP contribution in [0.2, 0.25) is 0 Å². The number of rotatable bonds is 2. The summed E-state index contributed by atoms with van der Waals surface area (Å²) in [7, 11) is 0. The molecule has 0 aromatic carbocycles. The van der Waals surface area contributed by atoms with E-state index < -0.39 is 0 Å². The minimum Gasteiger partial charge on any atom is -0.488 e. The van der Waals surface area contributed by atoms with Crippen molar-refractivity contribution in [3.8, 4) is 5.75 Å². The molecule has 1 aliphatic heterocycles. The fourth-order valence-electron chi connectivity index (χ4n) is 2.51. The van der Waals surface area contributed by atoms with Crippen molar-refractivity contribution < 1.29 is 9.13 Å². The monoisotopic (exact) mass is 208 g/mol. The molecule has 4 heteroatoms. The van der Waals surface area contributed by atoms with Crippen molar-refractivity contribution in [3.05, 3.63) is 24.3 Å². The van der Waals surface area contributed by atoms with E-state index in [9.17, 15) is 4.39 Å². The van der Waals surface area contributed by atoms with Gasteiger partial charge in [0.25, 0.3) is 0 Å². The molecule has 0 spiro atoms. The standard InChI is InChI=1S/C11H13FN2O/c12-9-2-10(6-14-5-9)15-11-7-1-8(11)4-13-3-7/h2,5-8,11,13H,1,3-4H2/t7-,8+,11?. The smallest absolute Gasteiger partial charge is 0.145 e. The van der Waals surface area contributed by atoms with Crippen LogP contribution < -0.4 is 10.1 Å². The molecule has 3 rings (SSSR count). The average Bonchev–Trinajstić information content (AvgIpc) is 2.27.